The molecule has 1 heterocycles. The summed E-state index contributed by atoms with van der Waals surface area (Å²) < 4.78 is 5.42. The molecule has 7 heteroatoms. The maximum Gasteiger partial charge on any atom is 0.259 e. The number of benzene rings is 4. The molecule has 41 heavy (non-hydrogen) atoms. The first kappa shape index (κ1) is 27.9. The lowest BCUT2D eigenvalue weighted by molar-refractivity contribution is -0.140. The molecule has 0 bridgehead atoms. The summed E-state index contributed by atoms with van der Waals surface area (Å²) >= 11 is 0. The Morgan fingerprint density at radius 3 is 2.34 bits per heavy atom. The van der Waals surface area contributed by atoms with E-state index in [0.717, 1.165) is 21.9 Å². The van der Waals surface area contributed by atoms with Gasteiger partial charge in [0.1, 0.15) is 18.3 Å². The molecule has 0 saturated carbocycles. The van der Waals surface area contributed by atoms with Crippen molar-refractivity contribution in [2.75, 3.05) is 25.1 Å². The fraction of sp³-hybridized carbons (Fsp3) is 0.265. The monoisotopic (exact) mass is 549 g/mol. The Morgan fingerprint density at radius 1 is 0.902 bits per heavy atom. The van der Waals surface area contributed by atoms with E-state index in [1.54, 1.807) is 18.1 Å². The predicted octanol–water partition coefficient (Wildman–Crippen LogP) is 5.22. The molecule has 0 aliphatic carbocycles. The van der Waals surface area contributed by atoms with Crippen molar-refractivity contribution >= 4 is 34.2 Å². The zero-order chi connectivity index (χ0) is 28.9. The van der Waals surface area contributed by atoms with Crippen LogP contribution in [0.5, 0.6) is 5.75 Å². The molecule has 7 nitrogen and oxygen atoms in total. The summed E-state index contributed by atoms with van der Waals surface area (Å²) in [7, 11) is 1.59. The Labute approximate surface area is 240 Å². The van der Waals surface area contributed by atoms with Crippen molar-refractivity contribution in [3.8, 4) is 5.75 Å². The van der Waals surface area contributed by atoms with Gasteiger partial charge in [0.05, 0.1) is 12.8 Å². The van der Waals surface area contributed by atoms with Gasteiger partial charge in [-0.25, -0.2) is 0 Å². The van der Waals surface area contributed by atoms with E-state index in [9.17, 15) is 14.4 Å². The molecular formula is C34H35N3O4. The molecule has 1 aliphatic heterocycles. The maximum atomic E-state index is 14.3. The highest BCUT2D eigenvalue weighted by atomic mass is 16.5. The van der Waals surface area contributed by atoms with Gasteiger partial charge in [0.15, 0.2) is 0 Å². The molecular weight excluding hydrogens is 514 g/mol. The number of carbonyl (C=O) groups is 3. The Hall–Kier alpha value is -4.65. The number of carbonyl (C=O) groups excluding carboxylic acids is 3. The molecule has 0 spiro atoms. The van der Waals surface area contributed by atoms with Crippen molar-refractivity contribution in [1.29, 1.82) is 0 Å². The highest BCUT2D eigenvalue weighted by Crippen LogP contribution is 2.37. The number of ether oxygens (including phenoxy) is 1. The van der Waals surface area contributed by atoms with E-state index in [-0.39, 0.29) is 36.7 Å². The van der Waals surface area contributed by atoms with E-state index in [2.05, 4.69) is 5.32 Å². The molecule has 0 unspecified atom stereocenters. The molecule has 0 saturated heterocycles. The summed E-state index contributed by atoms with van der Waals surface area (Å²) in [6.07, 6.45) is 0.338. The number of amides is 3. The van der Waals surface area contributed by atoms with Gasteiger partial charge in [0.2, 0.25) is 11.8 Å². The van der Waals surface area contributed by atoms with E-state index < -0.39 is 6.04 Å². The van der Waals surface area contributed by atoms with Crippen LogP contribution in [-0.4, -0.2) is 48.9 Å². The number of hydrogen-bond acceptors (Lipinski definition) is 4. The average molecular weight is 550 g/mol. The van der Waals surface area contributed by atoms with E-state index >= 15 is 0 Å². The highest BCUT2D eigenvalue weighted by Gasteiger charge is 2.35. The minimum absolute atomic E-state index is 0.181. The van der Waals surface area contributed by atoms with Crippen LogP contribution >= 0.6 is 0 Å². The second-order valence-corrected chi connectivity index (χ2v) is 10.8. The zero-order valence-corrected chi connectivity index (χ0v) is 23.7. The largest absolute Gasteiger partial charge is 0.497 e. The van der Waals surface area contributed by atoms with Crippen LogP contribution in [0.1, 0.15) is 35.3 Å². The minimum Gasteiger partial charge on any atom is -0.497 e. The maximum absolute atomic E-state index is 14.3. The molecule has 1 N–H and O–H groups in total. The van der Waals surface area contributed by atoms with Gasteiger partial charge < -0.3 is 15.0 Å². The summed E-state index contributed by atoms with van der Waals surface area (Å²) in [5.74, 6) is 0.162. The van der Waals surface area contributed by atoms with Gasteiger partial charge in [-0.15, -0.1) is 0 Å². The molecule has 5 rings (SSSR count). The fourth-order valence-corrected chi connectivity index (χ4v) is 5.31. The summed E-state index contributed by atoms with van der Waals surface area (Å²) in [5, 5.41) is 4.84. The summed E-state index contributed by atoms with van der Waals surface area (Å²) in [6.45, 7) is 4.56. The summed E-state index contributed by atoms with van der Waals surface area (Å²) in [5.41, 5.74) is 3.06. The predicted molar refractivity (Wildman–Crippen MR) is 161 cm³/mol. The van der Waals surface area contributed by atoms with E-state index in [1.807, 2.05) is 98.8 Å². The van der Waals surface area contributed by atoms with E-state index in [4.69, 9.17) is 4.74 Å². The lowest BCUT2D eigenvalue weighted by Gasteiger charge is -2.33. The number of hydrogen-bond donors (Lipinski definition) is 1. The van der Waals surface area contributed by atoms with Crippen molar-refractivity contribution in [1.82, 2.24) is 10.2 Å². The molecule has 4 aromatic carbocycles. The van der Waals surface area contributed by atoms with Gasteiger partial charge in [-0.2, -0.15) is 0 Å². The van der Waals surface area contributed by atoms with Crippen molar-refractivity contribution in [3.63, 3.8) is 0 Å². The Bertz CT molecular complexity index is 1560. The van der Waals surface area contributed by atoms with Gasteiger partial charge in [-0.1, -0.05) is 80.6 Å². The third-order valence-electron chi connectivity index (χ3n) is 7.39. The Kier molecular flexibility index (Phi) is 8.34. The average Bonchev–Trinajstić information content (AvgIpc) is 3.26. The van der Waals surface area contributed by atoms with Gasteiger partial charge >= 0.3 is 0 Å². The number of methoxy groups -OCH3 is 1. The normalized spacial score (nSPS) is 13.0. The number of nitrogens with one attached hydrogen (secondary N) is 1. The number of anilines is 1. The zero-order valence-electron chi connectivity index (χ0n) is 23.7. The Balaban J connectivity index is 1.51. The smallest absolute Gasteiger partial charge is 0.259 e. The van der Waals surface area contributed by atoms with Crippen LogP contribution in [0.15, 0.2) is 91.0 Å². The third kappa shape index (κ3) is 6.09. The third-order valence-corrected chi connectivity index (χ3v) is 7.39. The standard InChI is InChI=1S/C34H35N3O4/c1-23(2)20-35-33(39)30(19-24-10-5-4-6-11-24)36(21-25-12-7-15-27(18-25)41-3)31(38)22-37-29-17-9-14-26-13-8-16-28(32(26)29)34(37)40/h4-18,23,30H,19-22H2,1-3H3,(H,35,39)/t30-/m1/s1. The first-order valence-corrected chi connectivity index (χ1v) is 13.9. The highest BCUT2D eigenvalue weighted by molar-refractivity contribution is 6.26. The van der Waals surface area contributed by atoms with Crippen LogP contribution < -0.4 is 15.0 Å². The SMILES string of the molecule is COc1cccc(CN(C(=O)CN2C(=O)c3cccc4cccc2c34)[C@H](Cc2ccccc2)C(=O)NCC(C)C)c1. The molecule has 0 aromatic heterocycles. The second-order valence-electron chi connectivity index (χ2n) is 10.8. The fourth-order valence-electron chi connectivity index (χ4n) is 5.31. The first-order chi connectivity index (χ1) is 19.9. The summed E-state index contributed by atoms with van der Waals surface area (Å²) in [4.78, 5) is 44.6. The van der Waals surface area contributed by atoms with Gasteiger partial charge in [0.25, 0.3) is 5.91 Å². The van der Waals surface area contributed by atoms with Gasteiger partial charge in [-0.3, -0.25) is 19.3 Å². The Morgan fingerprint density at radius 2 is 1.61 bits per heavy atom. The van der Waals surface area contributed by atoms with Crippen molar-refractivity contribution < 1.29 is 19.1 Å². The molecule has 1 atom stereocenters. The number of rotatable bonds is 11. The molecule has 4 aromatic rings. The molecule has 1 aliphatic rings. The first-order valence-electron chi connectivity index (χ1n) is 13.9. The summed E-state index contributed by atoms with van der Waals surface area (Å²) in [6, 6.07) is 27.7. The minimum atomic E-state index is -0.786. The number of nitrogens with zero attached hydrogens (tertiary/aromatic N) is 2. The van der Waals surface area contributed by atoms with Crippen molar-refractivity contribution in [2.45, 2.75) is 32.9 Å². The quantitative estimate of drug-likeness (QED) is 0.278. The van der Waals surface area contributed by atoms with Gasteiger partial charge in [-0.05, 0) is 46.7 Å². The van der Waals surface area contributed by atoms with Crippen LogP contribution in [0.2, 0.25) is 0 Å². The van der Waals surface area contributed by atoms with Crippen molar-refractivity contribution in [3.05, 3.63) is 108 Å². The van der Waals surface area contributed by atoms with Crippen LogP contribution in [0.3, 0.4) is 0 Å². The second kappa shape index (κ2) is 12.3. The van der Waals surface area contributed by atoms with Crippen LogP contribution in [-0.2, 0) is 22.6 Å². The van der Waals surface area contributed by atoms with E-state index in [0.29, 0.717) is 30.0 Å². The lowest BCUT2D eigenvalue weighted by Crippen LogP contribution is -2.53. The van der Waals surface area contributed by atoms with Gasteiger partial charge in [0, 0.05) is 30.5 Å². The van der Waals surface area contributed by atoms with E-state index in [1.165, 1.54) is 4.90 Å². The molecule has 0 fully saturated rings. The molecule has 3 amide bonds. The molecule has 210 valence electrons. The van der Waals surface area contributed by atoms with Crippen LogP contribution in [0, 0.1) is 5.92 Å². The van der Waals surface area contributed by atoms with Crippen LogP contribution in [0.4, 0.5) is 5.69 Å². The van der Waals surface area contributed by atoms with Crippen LogP contribution in [0.25, 0.3) is 10.8 Å². The molecule has 0 radical (unpaired) electrons. The van der Waals surface area contributed by atoms with Crippen molar-refractivity contribution in [2.24, 2.45) is 5.92 Å². The lowest BCUT2D eigenvalue weighted by atomic mass is 10.0. The topological polar surface area (TPSA) is 79.0 Å².